The Kier molecular flexibility index (Phi) is 7.25. The predicted molar refractivity (Wildman–Crippen MR) is 128 cm³/mol. The number of hydrogen-bond donors (Lipinski definition) is 1. The van der Waals surface area contributed by atoms with Crippen LogP contribution >= 0.6 is 11.6 Å². The van der Waals surface area contributed by atoms with Crippen LogP contribution in [0.25, 0.3) is 0 Å². The number of nitrogens with zero attached hydrogens (tertiary/aromatic N) is 2. The fraction of sp³-hybridized carbons (Fsp3) is 0.435. The first-order chi connectivity index (χ1) is 15.7. The summed E-state index contributed by atoms with van der Waals surface area (Å²) in [5.74, 6) is -0.410. The zero-order valence-electron chi connectivity index (χ0n) is 18.7. The minimum absolute atomic E-state index is 0.0796. The van der Waals surface area contributed by atoms with E-state index >= 15 is 0 Å². The molecule has 8 nitrogen and oxygen atoms in total. The number of anilines is 2. The lowest BCUT2D eigenvalue weighted by atomic mass is 10.2. The van der Waals surface area contributed by atoms with E-state index in [-0.39, 0.29) is 35.8 Å². The van der Waals surface area contributed by atoms with Crippen molar-refractivity contribution < 1.29 is 22.7 Å². The van der Waals surface area contributed by atoms with E-state index in [9.17, 15) is 13.2 Å². The Hall–Kier alpha value is -2.17. The molecule has 0 bridgehead atoms. The number of carbonyl (C=O) groups excluding carboxylic acids is 1. The molecule has 178 valence electrons. The first kappa shape index (κ1) is 24.0. The van der Waals surface area contributed by atoms with Crippen LogP contribution in [0.5, 0.6) is 0 Å². The van der Waals surface area contributed by atoms with E-state index in [0.717, 1.165) is 5.69 Å². The lowest BCUT2D eigenvalue weighted by molar-refractivity contribution is -0.0440. The second kappa shape index (κ2) is 9.99. The monoisotopic (exact) mass is 493 g/mol. The fourth-order valence-corrected chi connectivity index (χ4v) is 5.97. The molecule has 2 atom stereocenters. The third-order valence-electron chi connectivity index (χ3n) is 5.68. The van der Waals surface area contributed by atoms with E-state index in [2.05, 4.69) is 10.2 Å². The van der Waals surface area contributed by atoms with Crippen LogP contribution in [0.4, 0.5) is 11.4 Å². The van der Waals surface area contributed by atoms with Gasteiger partial charge in [-0.2, -0.15) is 4.31 Å². The molecule has 2 heterocycles. The van der Waals surface area contributed by atoms with Crippen LogP contribution in [0.3, 0.4) is 0 Å². The third kappa shape index (κ3) is 5.50. The molecule has 33 heavy (non-hydrogen) atoms. The van der Waals surface area contributed by atoms with E-state index in [1.54, 1.807) is 24.3 Å². The molecule has 0 radical (unpaired) electrons. The van der Waals surface area contributed by atoms with Crippen molar-refractivity contribution in [3.05, 3.63) is 53.1 Å². The lowest BCUT2D eigenvalue weighted by Crippen LogP contribution is -2.48. The summed E-state index contributed by atoms with van der Waals surface area (Å²) in [4.78, 5) is 15.3. The fourth-order valence-electron chi connectivity index (χ4n) is 4.16. The van der Waals surface area contributed by atoms with Gasteiger partial charge in [0.2, 0.25) is 10.0 Å². The van der Waals surface area contributed by atoms with Gasteiger partial charge in [0.15, 0.2) is 0 Å². The standard InChI is InChI=1S/C23H28ClN3O5S/c1-16-14-27(15-17(2)32-16)33(29,30)20-5-3-4-18(12-20)23(28)25-21-13-19(24)6-7-22(21)26-8-10-31-11-9-26/h3-7,12-13,16-17H,8-11,14-15H2,1-2H3,(H,25,28)/t16-,17-/m1/s1. The highest BCUT2D eigenvalue weighted by Crippen LogP contribution is 2.30. The van der Waals surface area contributed by atoms with Crippen molar-refractivity contribution >= 4 is 38.9 Å². The van der Waals surface area contributed by atoms with Gasteiger partial charge in [0.25, 0.3) is 5.91 Å². The molecule has 4 rings (SSSR count). The van der Waals surface area contributed by atoms with Crippen molar-refractivity contribution in [2.45, 2.75) is 31.0 Å². The number of carbonyl (C=O) groups is 1. The molecule has 2 aromatic carbocycles. The molecule has 2 saturated heterocycles. The maximum Gasteiger partial charge on any atom is 0.255 e. The van der Waals surface area contributed by atoms with Gasteiger partial charge in [-0.05, 0) is 50.2 Å². The Bertz CT molecular complexity index is 1110. The van der Waals surface area contributed by atoms with Crippen LogP contribution < -0.4 is 10.2 Å². The predicted octanol–water partition coefficient (Wildman–Crippen LogP) is 3.23. The average Bonchev–Trinajstić information content (AvgIpc) is 2.79. The van der Waals surface area contributed by atoms with E-state index < -0.39 is 15.9 Å². The minimum Gasteiger partial charge on any atom is -0.378 e. The van der Waals surface area contributed by atoms with Crippen molar-refractivity contribution in [1.29, 1.82) is 0 Å². The zero-order chi connectivity index (χ0) is 23.6. The summed E-state index contributed by atoms with van der Waals surface area (Å²) in [5, 5.41) is 3.40. The summed E-state index contributed by atoms with van der Waals surface area (Å²) in [7, 11) is -3.76. The van der Waals surface area contributed by atoms with Gasteiger partial charge < -0.3 is 19.7 Å². The van der Waals surface area contributed by atoms with Crippen LogP contribution in [-0.4, -0.2) is 70.2 Å². The molecule has 2 aliphatic heterocycles. The van der Waals surface area contributed by atoms with Crippen molar-refractivity contribution in [2.75, 3.05) is 49.6 Å². The number of morpholine rings is 2. The van der Waals surface area contributed by atoms with Gasteiger partial charge in [-0.15, -0.1) is 0 Å². The molecule has 2 fully saturated rings. The molecule has 1 amide bonds. The first-order valence-electron chi connectivity index (χ1n) is 10.9. The van der Waals surface area contributed by atoms with E-state index in [0.29, 0.717) is 37.0 Å². The van der Waals surface area contributed by atoms with Gasteiger partial charge in [-0.25, -0.2) is 8.42 Å². The molecule has 0 unspecified atom stereocenters. The number of sulfonamides is 1. The molecule has 0 aliphatic carbocycles. The normalized spacial score (nSPS) is 22.2. The second-order valence-electron chi connectivity index (χ2n) is 8.32. The highest BCUT2D eigenvalue weighted by molar-refractivity contribution is 7.89. The van der Waals surface area contributed by atoms with Crippen molar-refractivity contribution in [3.63, 3.8) is 0 Å². The summed E-state index contributed by atoms with van der Waals surface area (Å²) in [6.45, 7) is 6.86. The molecule has 10 heteroatoms. The molecule has 0 aromatic heterocycles. The summed E-state index contributed by atoms with van der Waals surface area (Å²) in [6, 6.07) is 11.4. The largest absolute Gasteiger partial charge is 0.378 e. The number of nitrogens with one attached hydrogen (secondary N) is 1. The Balaban J connectivity index is 1.57. The summed E-state index contributed by atoms with van der Waals surface area (Å²) in [5.41, 5.74) is 1.66. The number of amides is 1. The number of hydrogen-bond acceptors (Lipinski definition) is 6. The van der Waals surface area contributed by atoms with Crippen molar-refractivity contribution in [1.82, 2.24) is 4.31 Å². The van der Waals surface area contributed by atoms with Crippen LogP contribution in [-0.2, 0) is 19.5 Å². The SMILES string of the molecule is C[C@@H]1CN(S(=O)(=O)c2cccc(C(=O)Nc3cc(Cl)ccc3N3CCOCC3)c2)C[C@@H](C)O1. The number of rotatable bonds is 5. The molecular weight excluding hydrogens is 466 g/mol. The molecule has 1 N–H and O–H groups in total. The van der Waals surface area contributed by atoms with Gasteiger partial charge in [-0.3, -0.25) is 4.79 Å². The molecular formula is C23H28ClN3O5S. The Morgan fingerprint density at radius 1 is 1.06 bits per heavy atom. The quantitative estimate of drug-likeness (QED) is 0.688. The highest BCUT2D eigenvalue weighted by atomic mass is 35.5. The molecule has 2 aromatic rings. The van der Waals surface area contributed by atoms with Crippen LogP contribution in [0.2, 0.25) is 5.02 Å². The Labute approximate surface area is 199 Å². The van der Waals surface area contributed by atoms with Crippen molar-refractivity contribution in [3.8, 4) is 0 Å². The van der Waals surface area contributed by atoms with Crippen LogP contribution in [0.15, 0.2) is 47.4 Å². The molecule has 0 saturated carbocycles. The van der Waals surface area contributed by atoms with E-state index in [4.69, 9.17) is 21.1 Å². The molecule has 2 aliphatic rings. The summed E-state index contributed by atoms with van der Waals surface area (Å²) in [6.07, 6.45) is -0.395. The zero-order valence-corrected chi connectivity index (χ0v) is 20.2. The van der Waals surface area contributed by atoms with Gasteiger partial charge in [-0.1, -0.05) is 17.7 Å². The van der Waals surface area contributed by atoms with Gasteiger partial charge in [0, 0.05) is 36.8 Å². The van der Waals surface area contributed by atoms with E-state index in [1.807, 2.05) is 19.9 Å². The third-order valence-corrected chi connectivity index (χ3v) is 7.74. The van der Waals surface area contributed by atoms with Gasteiger partial charge in [0.05, 0.1) is 41.7 Å². The topological polar surface area (TPSA) is 88.2 Å². The van der Waals surface area contributed by atoms with E-state index in [1.165, 1.54) is 16.4 Å². The Morgan fingerprint density at radius 3 is 2.45 bits per heavy atom. The maximum absolute atomic E-state index is 13.2. The average molecular weight is 494 g/mol. The summed E-state index contributed by atoms with van der Waals surface area (Å²) < 4.78 is 38.9. The first-order valence-corrected chi connectivity index (χ1v) is 12.7. The highest BCUT2D eigenvalue weighted by Gasteiger charge is 2.32. The lowest BCUT2D eigenvalue weighted by Gasteiger charge is -2.34. The number of ether oxygens (including phenoxy) is 2. The Morgan fingerprint density at radius 2 is 1.76 bits per heavy atom. The maximum atomic E-state index is 13.2. The number of halogens is 1. The molecule has 0 spiro atoms. The van der Waals surface area contributed by atoms with Gasteiger partial charge in [0.1, 0.15) is 0 Å². The van der Waals surface area contributed by atoms with Crippen molar-refractivity contribution in [2.24, 2.45) is 0 Å². The summed E-state index contributed by atoms with van der Waals surface area (Å²) >= 11 is 6.19. The minimum atomic E-state index is -3.76. The van der Waals surface area contributed by atoms with Crippen LogP contribution in [0, 0.1) is 0 Å². The van der Waals surface area contributed by atoms with Gasteiger partial charge >= 0.3 is 0 Å². The second-order valence-corrected chi connectivity index (χ2v) is 10.7. The number of benzene rings is 2. The smallest absolute Gasteiger partial charge is 0.255 e. The van der Waals surface area contributed by atoms with Crippen LogP contribution in [0.1, 0.15) is 24.2 Å².